The minimum absolute atomic E-state index is 0.109. The number of aliphatic hydroxyl groups is 1. The van der Waals surface area contributed by atoms with E-state index in [1.807, 2.05) is 0 Å². The Bertz CT molecular complexity index is 302. The van der Waals surface area contributed by atoms with Crippen molar-refractivity contribution in [2.45, 2.75) is 19.1 Å². The summed E-state index contributed by atoms with van der Waals surface area (Å²) in [6.07, 6.45) is -0.737. The summed E-state index contributed by atoms with van der Waals surface area (Å²) in [5.74, 6) is 0.109. The maximum Gasteiger partial charge on any atom is 0.130 e. The van der Waals surface area contributed by atoms with Gasteiger partial charge in [-0.1, -0.05) is 6.07 Å². The summed E-state index contributed by atoms with van der Waals surface area (Å²) in [6, 6.07) is 4.55. The highest BCUT2D eigenvalue weighted by atomic mass is 79.9. The molecule has 0 spiro atoms. The van der Waals surface area contributed by atoms with Crippen LogP contribution in [-0.4, -0.2) is 16.3 Å². The van der Waals surface area contributed by atoms with Gasteiger partial charge in [0.15, 0.2) is 0 Å². The molecule has 4 heteroatoms. The standard InChI is InChI=1S/C9H12BrNO2/c1-5(11)9(13)6-2-3-7(10)8(12)4-6/h2-5,9,12-13H,11H2,1H3/t5-,9-/m0/s1. The van der Waals surface area contributed by atoms with Crippen LogP contribution in [0.2, 0.25) is 0 Å². The lowest BCUT2D eigenvalue weighted by molar-refractivity contribution is 0.153. The summed E-state index contributed by atoms with van der Waals surface area (Å²) in [7, 11) is 0. The number of aliphatic hydroxyl groups excluding tert-OH is 1. The zero-order valence-electron chi connectivity index (χ0n) is 7.24. The molecule has 1 aromatic rings. The van der Waals surface area contributed by atoms with Gasteiger partial charge in [-0.2, -0.15) is 0 Å². The quantitative estimate of drug-likeness (QED) is 0.741. The molecule has 0 saturated carbocycles. The first-order valence-electron chi connectivity index (χ1n) is 3.94. The van der Waals surface area contributed by atoms with E-state index < -0.39 is 6.10 Å². The summed E-state index contributed by atoms with van der Waals surface area (Å²) in [6.45, 7) is 1.71. The van der Waals surface area contributed by atoms with Crippen molar-refractivity contribution in [1.29, 1.82) is 0 Å². The molecular weight excluding hydrogens is 234 g/mol. The highest BCUT2D eigenvalue weighted by molar-refractivity contribution is 9.10. The fourth-order valence-electron chi connectivity index (χ4n) is 1.02. The number of rotatable bonds is 2. The Labute approximate surface area is 85.3 Å². The Morgan fingerprint density at radius 1 is 1.46 bits per heavy atom. The van der Waals surface area contributed by atoms with Gasteiger partial charge in [-0.25, -0.2) is 0 Å². The molecule has 0 amide bonds. The molecule has 1 rings (SSSR count). The number of benzene rings is 1. The zero-order chi connectivity index (χ0) is 10.0. The largest absolute Gasteiger partial charge is 0.507 e. The van der Waals surface area contributed by atoms with Crippen molar-refractivity contribution in [1.82, 2.24) is 0 Å². The fraction of sp³-hybridized carbons (Fsp3) is 0.333. The summed E-state index contributed by atoms with van der Waals surface area (Å²) in [5.41, 5.74) is 6.13. The number of aromatic hydroxyl groups is 1. The molecule has 0 bridgehead atoms. The second kappa shape index (κ2) is 4.09. The van der Waals surface area contributed by atoms with Gasteiger partial charge in [0.05, 0.1) is 10.6 Å². The smallest absolute Gasteiger partial charge is 0.130 e. The summed E-state index contributed by atoms with van der Waals surface area (Å²) in [4.78, 5) is 0. The van der Waals surface area contributed by atoms with Crippen LogP contribution in [0.5, 0.6) is 5.75 Å². The van der Waals surface area contributed by atoms with Crippen LogP contribution in [0.1, 0.15) is 18.6 Å². The molecule has 3 nitrogen and oxygen atoms in total. The number of phenolic OH excluding ortho intramolecular Hbond substituents is 1. The summed E-state index contributed by atoms with van der Waals surface area (Å²) >= 11 is 3.15. The van der Waals surface area contributed by atoms with Gasteiger partial charge in [-0.05, 0) is 40.5 Å². The second-order valence-electron chi connectivity index (χ2n) is 3.01. The lowest BCUT2D eigenvalue weighted by Crippen LogP contribution is -2.24. The van der Waals surface area contributed by atoms with Gasteiger partial charge in [0, 0.05) is 6.04 Å². The van der Waals surface area contributed by atoms with E-state index in [1.165, 1.54) is 6.07 Å². The average Bonchev–Trinajstić information content (AvgIpc) is 2.08. The number of phenols is 1. The minimum atomic E-state index is -0.737. The second-order valence-corrected chi connectivity index (χ2v) is 3.87. The number of nitrogens with two attached hydrogens (primary N) is 1. The highest BCUT2D eigenvalue weighted by Gasteiger charge is 2.13. The number of hydrogen-bond acceptors (Lipinski definition) is 3. The topological polar surface area (TPSA) is 66.5 Å². The SMILES string of the molecule is C[C@H](N)[C@H](O)c1ccc(Br)c(O)c1. The van der Waals surface area contributed by atoms with Gasteiger partial charge in [0.25, 0.3) is 0 Å². The van der Waals surface area contributed by atoms with Crippen molar-refractivity contribution in [3.63, 3.8) is 0 Å². The first-order valence-corrected chi connectivity index (χ1v) is 4.73. The van der Waals surface area contributed by atoms with E-state index in [2.05, 4.69) is 15.9 Å². The van der Waals surface area contributed by atoms with Crippen molar-refractivity contribution in [3.05, 3.63) is 28.2 Å². The van der Waals surface area contributed by atoms with Crippen LogP contribution in [-0.2, 0) is 0 Å². The van der Waals surface area contributed by atoms with Gasteiger partial charge in [0.2, 0.25) is 0 Å². The van der Waals surface area contributed by atoms with Crippen molar-refractivity contribution >= 4 is 15.9 Å². The van der Waals surface area contributed by atoms with Crippen molar-refractivity contribution in [2.75, 3.05) is 0 Å². The Hall–Kier alpha value is -0.580. The molecule has 1 aromatic carbocycles. The lowest BCUT2D eigenvalue weighted by Gasteiger charge is -2.15. The Kier molecular flexibility index (Phi) is 3.30. The van der Waals surface area contributed by atoms with Crippen LogP contribution < -0.4 is 5.73 Å². The monoisotopic (exact) mass is 245 g/mol. The molecule has 2 atom stereocenters. The van der Waals surface area contributed by atoms with Gasteiger partial charge >= 0.3 is 0 Å². The zero-order valence-corrected chi connectivity index (χ0v) is 8.82. The predicted octanol–water partition coefficient (Wildman–Crippen LogP) is 1.54. The van der Waals surface area contributed by atoms with E-state index in [4.69, 9.17) is 5.73 Å². The molecule has 0 aliphatic carbocycles. The highest BCUT2D eigenvalue weighted by Crippen LogP contribution is 2.27. The van der Waals surface area contributed by atoms with E-state index in [0.717, 1.165) is 0 Å². The third-order valence-corrected chi connectivity index (χ3v) is 2.48. The molecule has 4 N–H and O–H groups in total. The Balaban J connectivity index is 2.97. The van der Waals surface area contributed by atoms with Gasteiger partial charge in [-0.3, -0.25) is 0 Å². The summed E-state index contributed by atoms with van der Waals surface area (Å²) in [5, 5.41) is 18.9. The van der Waals surface area contributed by atoms with Crippen LogP contribution in [0.4, 0.5) is 0 Å². The molecule has 0 unspecified atom stereocenters. The van der Waals surface area contributed by atoms with Gasteiger partial charge < -0.3 is 15.9 Å². The van der Waals surface area contributed by atoms with E-state index in [9.17, 15) is 10.2 Å². The van der Waals surface area contributed by atoms with Crippen LogP contribution in [0.25, 0.3) is 0 Å². The molecule has 0 aliphatic rings. The van der Waals surface area contributed by atoms with E-state index in [0.29, 0.717) is 10.0 Å². The molecule has 72 valence electrons. The molecule has 0 aliphatic heterocycles. The average molecular weight is 246 g/mol. The van der Waals surface area contributed by atoms with Crippen LogP contribution in [0, 0.1) is 0 Å². The first-order chi connectivity index (χ1) is 6.02. The normalized spacial score (nSPS) is 15.4. The third-order valence-electron chi connectivity index (χ3n) is 1.81. The molecule has 0 fully saturated rings. The van der Waals surface area contributed by atoms with Crippen molar-refractivity contribution < 1.29 is 10.2 Å². The minimum Gasteiger partial charge on any atom is -0.507 e. The van der Waals surface area contributed by atoms with E-state index >= 15 is 0 Å². The molecule has 13 heavy (non-hydrogen) atoms. The maximum absolute atomic E-state index is 9.56. The van der Waals surface area contributed by atoms with Crippen LogP contribution >= 0.6 is 15.9 Å². The van der Waals surface area contributed by atoms with E-state index in [-0.39, 0.29) is 11.8 Å². The Morgan fingerprint density at radius 3 is 2.54 bits per heavy atom. The lowest BCUT2D eigenvalue weighted by atomic mass is 10.0. The Morgan fingerprint density at radius 2 is 2.08 bits per heavy atom. The first kappa shape index (κ1) is 10.5. The van der Waals surface area contributed by atoms with Crippen LogP contribution in [0.15, 0.2) is 22.7 Å². The van der Waals surface area contributed by atoms with Gasteiger partial charge in [0.1, 0.15) is 5.75 Å². The number of halogens is 1. The molecule has 0 aromatic heterocycles. The van der Waals surface area contributed by atoms with E-state index in [1.54, 1.807) is 19.1 Å². The van der Waals surface area contributed by atoms with Crippen LogP contribution in [0.3, 0.4) is 0 Å². The van der Waals surface area contributed by atoms with Gasteiger partial charge in [-0.15, -0.1) is 0 Å². The predicted molar refractivity (Wildman–Crippen MR) is 54.4 cm³/mol. The summed E-state index contributed by atoms with van der Waals surface area (Å²) < 4.78 is 0.605. The third kappa shape index (κ3) is 2.43. The molecule has 0 heterocycles. The maximum atomic E-state index is 9.56. The molecule has 0 saturated heterocycles. The van der Waals surface area contributed by atoms with Crippen molar-refractivity contribution in [2.24, 2.45) is 5.73 Å². The number of hydrogen-bond donors (Lipinski definition) is 3. The fourth-order valence-corrected chi connectivity index (χ4v) is 1.26. The van der Waals surface area contributed by atoms with Crippen molar-refractivity contribution in [3.8, 4) is 5.75 Å². The molecule has 0 radical (unpaired) electrons. The molecular formula is C9H12BrNO2.